The number of rotatable bonds is 2. The zero-order valence-corrected chi connectivity index (χ0v) is 11.7. The molecule has 0 amide bonds. The number of aliphatic hydroxyl groups is 1. The first-order chi connectivity index (χ1) is 5.40. The Morgan fingerprint density at radius 2 is 1.43 bits per heavy atom. The molecular weight excluding hydrogens is 362 g/mol. The van der Waals surface area contributed by atoms with Crippen molar-refractivity contribution in [1.29, 1.82) is 0 Å². The summed E-state index contributed by atoms with van der Waals surface area (Å²) >= 11 is 0. The van der Waals surface area contributed by atoms with E-state index in [9.17, 15) is 9.59 Å². The Morgan fingerprint density at radius 1 is 1.14 bits per heavy atom. The van der Waals surface area contributed by atoms with Crippen LogP contribution in [0, 0.1) is 0 Å². The maximum Gasteiger partial charge on any atom is 0.303 e. The van der Waals surface area contributed by atoms with Gasteiger partial charge in [0.2, 0.25) is 0 Å². The van der Waals surface area contributed by atoms with Crippen LogP contribution in [-0.2, 0) is 48.5 Å². The molecule has 0 bridgehead atoms. The molecule has 4 nitrogen and oxygen atoms in total. The number of carboxylic acids is 1. The van der Waals surface area contributed by atoms with Gasteiger partial charge in [-0.15, -0.1) is 0 Å². The van der Waals surface area contributed by atoms with E-state index in [1.165, 1.54) is 19.9 Å². The van der Waals surface area contributed by atoms with E-state index in [0.29, 0.717) is 0 Å². The molecule has 0 rings (SSSR count). The van der Waals surface area contributed by atoms with Gasteiger partial charge < -0.3 is 10.2 Å². The fraction of sp³-hybridized carbons (Fsp3) is 0.500. The zero-order chi connectivity index (χ0) is 10.1. The summed E-state index contributed by atoms with van der Waals surface area (Å²) in [5.74, 6) is -0.808. The third kappa shape index (κ3) is 40.5. The molecule has 0 aromatic heterocycles. The number of hydrogen-bond donors (Lipinski definition) is 2. The molecule has 0 atom stereocenters. The molecule has 0 aliphatic heterocycles. The van der Waals surface area contributed by atoms with Crippen LogP contribution in [0.2, 0.25) is 0 Å². The molecule has 0 aromatic carbocycles. The van der Waals surface area contributed by atoms with E-state index in [2.05, 4.69) is 0 Å². The first kappa shape index (κ1) is 23.6. The fourth-order valence-electron chi connectivity index (χ4n) is 0.294. The van der Waals surface area contributed by atoms with Gasteiger partial charge in [-0.05, 0) is 13.8 Å². The van der Waals surface area contributed by atoms with E-state index < -0.39 is 5.97 Å². The number of allylic oxidation sites excluding steroid dienone is 2. The Bertz CT molecular complexity index is 186. The van der Waals surface area contributed by atoms with Crippen LogP contribution in [0.5, 0.6) is 0 Å². The van der Waals surface area contributed by atoms with Crippen LogP contribution in [0.3, 0.4) is 0 Å². The van der Waals surface area contributed by atoms with Gasteiger partial charge in [-0.3, -0.25) is 9.59 Å². The molecule has 14 heavy (non-hydrogen) atoms. The minimum absolute atomic E-state index is 0. The number of hydrogen-bond acceptors (Lipinski definition) is 3. The summed E-state index contributed by atoms with van der Waals surface area (Å²) in [7, 11) is 0. The van der Waals surface area contributed by atoms with Crippen molar-refractivity contribution in [2.75, 3.05) is 0 Å². The SMILES string of the molecule is CC(=O)/C=C(/C)O.CCC(=O)O.[Ru].[Ru]. The van der Waals surface area contributed by atoms with Crippen LogP contribution in [0.4, 0.5) is 0 Å². The largest absolute Gasteiger partial charge is 0.512 e. The Morgan fingerprint density at radius 3 is 1.43 bits per heavy atom. The van der Waals surface area contributed by atoms with E-state index in [1.807, 2.05) is 0 Å². The van der Waals surface area contributed by atoms with Gasteiger partial charge >= 0.3 is 5.97 Å². The predicted octanol–water partition coefficient (Wildman–Crippen LogP) is 1.51. The summed E-state index contributed by atoms with van der Waals surface area (Å²) in [5, 5.41) is 16.1. The van der Waals surface area contributed by atoms with E-state index in [-0.39, 0.29) is 56.9 Å². The molecule has 0 aliphatic carbocycles. The van der Waals surface area contributed by atoms with Crippen LogP contribution in [0.1, 0.15) is 27.2 Å². The molecule has 6 heteroatoms. The minimum Gasteiger partial charge on any atom is -0.512 e. The van der Waals surface area contributed by atoms with Crippen LogP contribution in [0.15, 0.2) is 11.8 Å². The van der Waals surface area contributed by atoms with Gasteiger partial charge in [0.25, 0.3) is 0 Å². The van der Waals surface area contributed by atoms with Gasteiger partial charge in [0.1, 0.15) is 0 Å². The predicted molar refractivity (Wildman–Crippen MR) is 45.0 cm³/mol. The van der Waals surface area contributed by atoms with Gasteiger partial charge in [-0.1, -0.05) is 6.92 Å². The van der Waals surface area contributed by atoms with Gasteiger partial charge in [-0.2, -0.15) is 0 Å². The first-order valence-corrected chi connectivity index (χ1v) is 3.49. The number of aliphatic hydroxyl groups excluding tert-OH is 1. The van der Waals surface area contributed by atoms with Crippen molar-refractivity contribution in [2.45, 2.75) is 27.2 Å². The second-order valence-corrected chi connectivity index (χ2v) is 2.14. The van der Waals surface area contributed by atoms with Crippen LogP contribution < -0.4 is 0 Å². The molecule has 0 fully saturated rings. The van der Waals surface area contributed by atoms with Crippen LogP contribution in [-0.4, -0.2) is 22.0 Å². The van der Waals surface area contributed by atoms with Crippen molar-refractivity contribution in [1.82, 2.24) is 0 Å². The van der Waals surface area contributed by atoms with Crippen molar-refractivity contribution in [3.05, 3.63) is 11.8 Å². The molecular formula is C8H14O4Ru2. The maximum atomic E-state index is 10.0. The Balaban J connectivity index is -0.0000000651. The smallest absolute Gasteiger partial charge is 0.303 e. The van der Waals surface area contributed by atoms with Crippen molar-refractivity contribution < 1.29 is 58.8 Å². The summed E-state index contributed by atoms with van der Waals surface area (Å²) < 4.78 is 0. The standard InChI is InChI=1S/C5H8O2.C3H6O2.2Ru/c1-4(6)3-5(2)7;1-2-3(4)5;;/h3,6H,1-2H3;2H2,1H3,(H,4,5);;/b4-3-;;;. The van der Waals surface area contributed by atoms with E-state index in [0.717, 1.165) is 0 Å². The summed E-state index contributed by atoms with van der Waals surface area (Å²) in [5.41, 5.74) is 0. The van der Waals surface area contributed by atoms with Crippen molar-refractivity contribution in [2.24, 2.45) is 0 Å². The Kier molecular flexibility index (Phi) is 26.0. The number of ketones is 1. The summed E-state index contributed by atoms with van der Waals surface area (Å²) in [6.45, 7) is 4.45. The molecule has 0 radical (unpaired) electrons. The number of carboxylic acid groups (broad SMARTS) is 1. The van der Waals surface area contributed by atoms with E-state index >= 15 is 0 Å². The molecule has 0 aliphatic rings. The molecule has 0 heterocycles. The first-order valence-electron chi connectivity index (χ1n) is 3.49. The second kappa shape index (κ2) is 15.4. The quantitative estimate of drug-likeness (QED) is 0.435. The molecule has 0 aromatic rings. The molecule has 86 valence electrons. The molecule has 0 spiro atoms. The number of carbonyl (C=O) groups excluding carboxylic acids is 1. The normalized spacial score (nSPS) is 8.36. The summed E-state index contributed by atoms with van der Waals surface area (Å²) in [6.07, 6.45) is 1.39. The molecule has 0 unspecified atom stereocenters. The van der Waals surface area contributed by atoms with Gasteiger partial charge in [0.05, 0.1) is 5.76 Å². The average molecular weight is 376 g/mol. The molecule has 0 saturated heterocycles. The number of aliphatic carboxylic acids is 1. The molecule has 2 N–H and O–H groups in total. The maximum absolute atomic E-state index is 10.0. The summed E-state index contributed by atoms with van der Waals surface area (Å²) in [6, 6.07) is 0. The summed E-state index contributed by atoms with van der Waals surface area (Å²) in [4.78, 5) is 19.4. The van der Waals surface area contributed by atoms with E-state index in [1.54, 1.807) is 6.92 Å². The van der Waals surface area contributed by atoms with Crippen molar-refractivity contribution in [3.8, 4) is 0 Å². The second-order valence-electron chi connectivity index (χ2n) is 2.14. The van der Waals surface area contributed by atoms with E-state index in [4.69, 9.17) is 10.2 Å². The minimum atomic E-state index is -0.745. The van der Waals surface area contributed by atoms with Crippen LogP contribution >= 0.6 is 0 Å². The van der Waals surface area contributed by atoms with Crippen LogP contribution in [0.25, 0.3) is 0 Å². The third-order valence-electron chi connectivity index (χ3n) is 0.715. The Labute approximate surface area is 109 Å². The topological polar surface area (TPSA) is 74.6 Å². The fourth-order valence-corrected chi connectivity index (χ4v) is 0.294. The monoisotopic (exact) mass is 378 g/mol. The van der Waals surface area contributed by atoms with Gasteiger partial charge in [0, 0.05) is 51.5 Å². The van der Waals surface area contributed by atoms with Crippen molar-refractivity contribution in [3.63, 3.8) is 0 Å². The molecule has 0 saturated carbocycles. The Hall–Kier alpha value is -0.0732. The average Bonchev–Trinajstić information content (AvgIpc) is 1.85. The van der Waals surface area contributed by atoms with Crippen molar-refractivity contribution >= 4 is 11.8 Å². The van der Waals surface area contributed by atoms with Gasteiger partial charge in [0.15, 0.2) is 5.78 Å². The third-order valence-corrected chi connectivity index (χ3v) is 0.715. The number of carbonyl (C=O) groups is 2. The van der Waals surface area contributed by atoms with Gasteiger partial charge in [-0.25, -0.2) is 0 Å². The zero-order valence-electron chi connectivity index (χ0n) is 8.20.